The summed E-state index contributed by atoms with van der Waals surface area (Å²) in [6, 6.07) is 13.4. The first kappa shape index (κ1) is 34.3. The number of benzene rings is 3. The Labute approximate surface area is 310 Å². The van der Waals surface area contributed by atoms with Crippen molar-refractivity contribution in [3.8, 4) is 17.2 Å². The SMILES string of the molecule is Oc1c2cc(C3CCCC3)cc1Cc1cc(C3CCCC3)cc(c1O)Cc1cc(C3CCCC3)cc(c1O)CC1C=C(C3CCCC3)C=C(C2)C1O. The van der Waals surface area contributed by atoms with Crippen LogP contribution in [0.4, 0.5) is 0 Å². The van der Waals surface area contributed by atoms with Crippen LogP contribution in [0.1, 0.15) is 171 Å². The Hall–Kier alpha value is -3.50. The predicted molar refractivity (Wildman–Crippen MR) is 209 cm³/mol. The summed E-state index contributed by atoms with van der Waals surface area (Å²) >= 11 is 0. The van der Waals surface area contributed by atoms with Crippen molar-refractivity contribution >= 4 is 0 Å². The van der Waals surface area contributed by atoms with E-state index >= 15 is 0 Å². The van der Waals surface area contributed by atoms with Gasteiger partial charge in [0.05, 0.1) is 6.10 Å². The molecule has 0 heterocycles. The number of allylic oxidation sites excluding steroid dienone is 2. The number of phenols is 3. The molecule has 0 aromatic heterocycles. The molecule has 2 atom stereocenters. The molecule has 4 saturated carbocycles. The smallest absolute Gasteiger partial charge is 0.122 e. The van der Waals surface area contributed by atoms with Crippen LogP contribution in [0.15, 0.2) is 59.7 Å². The van der Waals surface area contributed by atoms with E-state index < -0.39 is 6.10 Å². The molecule has 3 aromatic carbocycles. The Kier molecular flexibility index (Phi) is 9.48. The van der Waals surface area contributed by atoms with Crippen LogP contribution < -0.4 is 0 Å². The number of hydrogen-bond acceptors (Lipinski definition) is 4. The van der Waals surface area contributed by atoms with Crippen molar-refractivity contribution in [2.45, 2.75) is 152 Å². The van der Waals surface area contributed by atoms with Crippen LogP contribution in [0.3, 0.4) is 0 Å². The first-order chi connectivity index (χ1) is 25.4. The molecular weight excluding hydrogens is 641 g/mol. The predicted octanol–water partition coefficient (Wildman–Crippen LogP) is 11.1. The molecule has 6 aliphatic rings. The maximum Gasteiger partial charge on any atom is 0.122 e. The van der Waals surface area contributed by atoms with Crippen molar-refractivity contribution in [1.82, 2.24) is 0 Å². The Morgan fingerprint density at radius 3 is 1.19 bits per heavy atom. The van der Waals surface area contributed by atoms with Crippen molar-refractivity contribution < 1.29 is 20.4 Å². The summed E-state index contributed by atoms with van der Waals surface area (Å²) in [4.78, 5) is 0. The number of aliphatic hydroxyl groups is 1. The van der Waals surface area contributed by atoms with Crippen molar-refractivity contribution in [3.63, 3.8) is 0 Å². The van der Waals surface area contributed by atoms with Crippen molar-refractivity contribution in [2.24, 2.45) is 11.8 Å². The monoisotopic (exact) mass is 698 g/mol. The lowest BCUT2D eigenvalue weighted by molar-refractivity contribution is 0.158. The second kappa shape index (κ2) is 14.4. The van der Waals surface area contributed by atoms with Gasteiger partial charge in [-0.2, -0.15) is 0 Å². The summed E-state index contributed by atoms with van der Waals surface area (Å²) in [5, 5.41) is 48.6. The van der Waals surface area contributed by atoms with E-state index in [2.05, 4.69) is 48.6 Å². The number of phenolic OH excluding ortho intramolecular Hbond substituents is 3. The Morgan fingerprint density at radius 1 is 0.423 bits per heavy atom. The Morgan fingerprint density at radius 2 is 0.769 bits per heavy atom. The molecule has 4 fully saturated rings. The highest BCUT2D eigenvalue weighted by atomic mass is 16.3. The highest BCUT2D eigenvalue weighted by Crippen LogP contribution is 2.46. The fourth-order valence-electron chi connectivity index (χ4n) is 11.4. The van der Waals surface area contributed by atoms with Gasteiger partial charge in [-0.25, -0.2) is 0 Å². The van der Waals surface area contributed by atoms with E-state index in [1.54, 1.807) is 0 Å². The topological polar surface area (TPSA) is 80.9 Å². The van der Waals surface area contributed by atoms with Gasteiger partial charge in [0.1, 0.15) is 17.2 Å². The van der Waals surface area contributed by atoms with Gasteiger partial charge in [-0.15, -0.1) is 0 Å². The Balaban J connectivity index is 1.23. The molecule has 2 unspecified atom stereocenters. The molecule has 4 N–H and O–H groups in total. The van der Waals surface area contributed by atoms with Crippen molar-refractivity contribution in [2.75, 3.05) is 0 Å². The van der Waals surface area contributed by atoms with E-state index in [0.29, 0.717) is 66.6 Å². The molecular formula is C48H58O4. The second-order valence-corrected chi connectivity index (χ2v) is 17.7. The van der Waals surface area contributed by atoms with E-state index in [-0.39, 0.29) is 5.92 Å². The summed E-state index contributed by atoms with van der Waals surface area (Å²) in [6.45, 7) is 0. The molecule has 4 heteroatoms. The normalized spacial score (nSPS) is 24.8. The van der Waals surface area contributed by atoms with Crippen LogP contribution in [0.5, 0.6) is 17.2 Å². The van der Waals surface area contributed by atoms with E-state index in [1.807, 2.05) is 0 Å². The molecule has 0 saturated heterocycles. The summed E-state index contributed by atoms with van der Waals surface area (Å²) < 4.78 is 0. The van der Waals surface area contributed by atoms with Gasteiger partial charge in [-0.05, 0) is 149 Å². The van der Waals surface area contributed by atoms with Gasteiger partial charge >= 0.3 is 0 Å². The van der Waals surface area contributed by atoms with Crippen LogP contribution in [0.2, 0.25) is 0 Å². The minimum absolute atomic E-state index is 0.161. The molecule has 0 spiro atoms. The van der Waals surface area contributed by atoms with Gasteiger partial charge in [-0.3, -0.25) is 0 Å². The molecule has 4 nitrogen and oxygen atoms in total. The average Bonchev–Trinajstić information content (AvgIpc) is 3.99. The summed E-state index contributed by atoms with van der Waals surface area (Å²) in [5.74, 6) is 2.71. The quantitative estimate of drug-likeness (QED) is 0.219. The second-order valence-electron chi connectivity index (χ2n) is 17.7. The summed E-state index contributed by atoms with van der Waals surface area (Å²) in [6.07, 6.45) is 25.2. The highest BCUT2D eigenvalue weighted by Gasteiger charge is 2.33. The van der Waals surface area contributed by atoms with Crippen LogP contribution >= 0.6 is 0 Å². The molecule has 274 valence electrons. The lowest BCUT2D eigenvalue weighted by Gasteiger charge is -2.31. The summed E-state index contributed by atoms with van der Waals surface area (Å²) in [7, 11) is 0. The maximum atomic E-state index is 12.2. The third-order valence-corrected chi connectivity index (χ3v) is 14.3. The largest absolute Gasteiger partial charge is 0.507 e. The van der Waals surface area contributed by atoms with Crippen LogP contribution in [0, 0.1) is 11.8 Å². The van der Waals surface area contributed by atoms with Gasteiger partial charge in [0.15, 0.2) is 0 Å². The maximum absolute atomic E-state index is 12.2. The fourth-order valence-corrected chi connectivity index (χ4v) is 11.4. The number of aromatic hydroxyl groups is 3. The number of aliphatic hydroxyl groups excluding tert-OH is 1. The standard InChI is InChI=1S/C48H58O4/c49-45-37-17-33(29-9-1-2-10-29)18-38(45)26-40-20-35(31-13-5-6-14-31)22-42(47(40)51)28-44-24-36(32-15-7-8-16-32)23-43(48(44)52)27-41-21-34(30-11-3-4-12-30)19-39(25-37)46(41)50/h17-24,29-32,37,45,49-52H,1-16,25-28H2. The van der Waals surface area contributed by atoms with Crippen molar-refractivity contribution in [1.29, 1.82) is 0 Å². The Bertz CT molecular complexity index is 1870. The van der Waals surface area contributed by atoms with Crippen LogP contribution in [0.25, 0.3) is 0 Å². The van der Waals surface area contributed by atoms with Crippen LogP contribution in [-0.4, -0.2) is 26.5 Å². The molecule has 8 bridgehead atoms. The minimum atomic E-state index is -0.695. The first-order valence-electron chi connectivity index (χ1n) is 21.0. The fraction of sp³-hybridized carbons (Fsp3) is 0.542. The van der Waals surface area contributed by atoms with E-state index in [9.17, 15) is 20.4 Å². The third kappa shape index (κ3) is 6.63. The van der Waals surface area contributed by atoms with E-state index in [0.717, 1.165) is 51.8 Å². The summed E-state index contributed by atoms with van der Waals surface area (Å²) in [5.41, 5.74) is 11.5. The van der Waals surface area contributed by atoms with E-state index in [4.69, 9.17) is 0 Å². The van der Waals surface area contributed by atoms with Gasteiger partial charge in [0, 0.05) is 18.8 Å². The lowest BCUT2D eigenvalue weighted by atomic mass is 9.77. The zero-order valence-electron chi connectivity index (χ0n) is 31.0. The van der Waals surface area contributed by atoms with Crippen LogP contribution in [-0.2, 0) is 25.7 Å². The van der Waals surface area contributed by atoms with Gasteiger partial charge in [0.25, 0.3) is 0 Å². The zero-order valence-corrected chi connectivity index (χ0v) is 31.0. The number of fused-ring (bicyclic) bond motifs is 8. The van der Waals surface area contributed by atoms with Gasteiger partial charge < -0.3 is 20.4 Å². The van der Waals surface area contributed by atoms with Crippen molar-refractivity contribution in [3.05, 3.63) is 110 Å². The zero-order chi connectivity index (χ0) is 35.3. The molecule has 6 aliphatic carbocycles. The molecule has 0 amide bonds. The van der Waals surface area contributed by atoms with E-state index in [1.165, 1.54) is 112 Å². The molecule has 0 aliphatic heterocycles. The lowest BCUT2D eigenvalue weighted by Crippen LogP contribution is -2.28. The van der Waals surface area contributed by atoms with Gasteiger partial charge in [-0.1, -0.05) is 99.9 Å². The molecule has 9 rings (SSSR count). The molecule has 0 radical (unpaired) electrons. The average molecular weight is 699 g/mol. The number of hydrogen-bond donors (Lipinski definition) is 4. The molecule has 3 aromatic rings. The third-order valence-electron chi connectivity index (χ3n) is 14.3. The highest BCUT2D eigenvalue weighted by molar-refractivity contribution is 5.56. The molecule has 52 heavy (non-hydrogen) atoms. The number of rotatable bonds is 4. The minimum Gasteiger partial charge on any atom is -0.507 e. The van der Waals surface area contributed by atoms with Gasteiger partial charge in [0.2, 0.25) is 0 Å². The first-order valence-corrected chi connectivity index (χ1v) is 21.0.